The predicted molar refractivity (Wildman–Crippen MR) is 72.2 cm³/mol. The molecule has 3 aromatic rings. The molecule has 2 N–H and O–H groups in total. The highest BCUT2D eigenvalue weighted by atomic mass is 32.1. The zero-order valence-electron chi connectivity index (χ0n) is 9.75. The Kier molecular flexibility index (Phi) is 2.60. The molecule has 2 heterocycles. The Morgan fingerprint density at radius 2 is 2.11 bits per heavy atom. The third-order valence-corrected chi connectivity index (χ3v) is 3.52. The van der Waals surface area contributed by atoms with Crippen LogP contribution >= 0.6 is 11.3 Å². The number of aromatic nitrogens is 2. The second-order valence-electron chi connectivity index (χ2n) is 3.96. The predicted octanol–water partition coefficient (Wildman–Crippen LogP) is 3.36. The van der Waals surface area contributed by atoms with Gasteiger partial charge in [-0.2, -0.15) is 4.98 Å². The summed E-state index contributed by atoms with van der Waals surface area (Å²) < 4.78 is 5.26. The average Bonchev–Trinajstić information content (AvgIpc) is 2.97. The summed E-state index contributed by atoms with van der Waals surface area (Å²) in [5.74, 6) is 1.11. The summed E-state index contributed by atoms with van der Waals surface area (Å²) in [4.78, 5) is 6.61. The number of hydrogen-bond acceptors (Lipinski definition) is 5. The minimum absolute atomic E-state index is 0.489. The molecule has 0 atom stereocenters. The van der Waals surface area contributed by atoms with E-state index in [-0.39, 0.29) is 0 Å². The third-order valence-electron chi connectivity index (χ3n) is 2.52. The molecule has 1 aromatic carbocycles. The van der Waals surface area contributed by atoms with Crippen molar-refractivity contribution in [3.8, 4) is 22.2 Å². The first-order chi connectivity index (χ1) is 8.72. The quantitative estimate of drug-likeness (QED) is 0.715. The summed E-state index contributed by atoms with van der Waals surface area (Å²) in [6.45, 7) is 2.05. The van der Waals surface area contributed by atoms with Crippen molar-refractivity contribution >= 4 is 17.0 Å². The molecular weight excluding hydrogens is 246 g/mol. The smallest absolute Gasteiger partial charge is 0.258 e. The molecule has 90 valence electrons. The van der Waals surface area contributed by atoms with E-state index in [0.29, 0.717) is 17.4 Å². The van der Waals surface area contributed by atoms with Crippen molar-refractivity contribution in [3.05, 3.63) is 41.3 Å². The SMILES string of the molecule is Cc1ccc(-c2noc(-c3cccc(N)c3)n2)s1. The van der Waals surface area contributed by atoms with Crippen LogP contribution in [0.3, 0.4) is 0 Å². The van der Waals surface area contributed by atoms with E-state index in [1.807, 2.05) is 43.3 Å². The van der Waals surface area contributed by atoms with Gasteiger partial charge in [-0.15, -0.1) is 11.3 Å². The van der Waals surface area contributed by atoms with Crippen LogP contribution < -0.4 is 5.73 Å². The van der Waals surface area contributed by atoms with Crippen LogP contribution in [0.25, 0.3) is 22.2 Å². The lowest BCUT2D eigenvalue weighted by molar-refractivity contribution is 0.432. The van der Waals surface area contributed by atoms with Crippen LogP contribution in [-0.4, -0.2) is 10.1 Å². The number of rotatable bonds is 2. The molecule has 0 saturated carbocycles. The molecule has 0 radical (unpaired) electrons. The Bertz CT molecular complexity index is 687. The van der Waals surface area contributed by atoms with Crippen LogP contribution in [0.2, 0.25) is 0 Å². The van der Waals surface area contributed by atoms with E-state index in [1.54, 1.807) is 11.3 Å². The van der Waals surface area contributed by atoms with Crippen molar-refractivity contribution < 1.29 is 4.52 Å². The second-order valence-corrected chi connectivity index (χ2v) is 5.25. The Morgan fingerprint density at radius 1 is 1.22 bits per heavy atom. The van der Waals surface area contributed by atoms with Gasteiger partial charge in [0.25, 0.3) is 5.89 Å². The maximum atomic E-state index is 5.73. The van der Waals surface area contributed by atoms with Crippen LogP contribution in [0.5, 0.6) is 0 Å². The second kappa shape index (κ2) is 4.27. The first kappa shape index (κ1) is 11.0. The highest BCUT2D eigenvalue weighted by Gasteiger charge is 2.11. The van der Waals surface area contributed by atoms with E-state index in [2.05, 4.69) is 10.1 Å². The van der Waals surface area contributed by atoms with Crippen molar-refractivity contribution in [2.24, 2.45) is 0 Å². The van der Waals surface area contributed by atoms with Crippen LogP contribution in [-0.2, 0) is 0 Å². The third kappa shape index (κ3) is 2.00. The molecule has 2 aromatic heterocycles. The summed E-state index contributed by atoms with van der Waals surface area (Å²) in [6, 6.07) is 11.4. The van der Waals surface area contributed by atoms with Gasteiger partial charge in [-0.3, -0.25) is 0 Å². The Hall–Kier alpha value is -2.14. The molecule has 0 aliphatic heterocycles. The molecule has 0 spiro atoms. The van der Waals surface area contributed by atoms with Gasteiger partial charge in [-0.05, 0) is 37.3 Å². The van der Waals surface area contributed by atoms with E-state index >= 15 is 0 Å². The van der Waals surface area contributed by atoms with Gasteiger partial charge in [-0.25, -0.2) is 0 Å². The van der Waals surface area contributed by atoms with Gasteiger partial charge in [0.1, 0.15) is 0 Å². The monoisotopic (exact) mass is 257 g/mol. The number of nitrogen functional groups attached to an aromatic ring is 1. The first-order valence-electron chi connectivity index (χ1n) is 5.49. The average molecular weight is 257 g/mol. The van der Waals surface area contributed by atoms with E-state index in [4.69, 9.17) is 10.3 Å². The largest absolute Gasteiger partial charge is 0.399 e. The topological polar surface area (TPSA) is 64.9 Å². The summed E-state index contributed by atoms with van der Waals surface area (Å²) in [6.07, 6.45) is 0. The number of thiophene rings is 1. The molecule has 0 saturated heterocycles. The van der Waals surface area contributed by atoms with Gasteiger partial charge in [0.2, 0.25) is 5.82 Å². The summed E-state index contributed by atoms with van der Waals surface area (Å²) in [5, 5.41) is 3.99. The zero-order chi connectivity index (χ0) is 12.5. The van der Waals surface area contributed by atoms with Crippen molar-refractivity contribution in [1.82, 2.24) is 10.1 Å². The fourth-order valence-electron chi connectivity index (χ4n) is 1.67. The number of benzene rings is 1. The van der Waals surface area contributed by atoms with E-state index in [9.17, 15) is 0 Å². The summed E-state index contributed by atoms with van der Waals surface area (Å²) in [5.41, 5.74) is 7.24. The highest BCUT2D eigenvalue weighted by molar-refractivity contribution is 7.15. The molecule has 0 fully saturated rings. The Labute approximate surface area is 108 Å². The molecule has 0 unspecified atom stereocenters. The van der Waals surface area contributed by atoms with Gasteiger partial charge in [0.05, 0.1) is 4.88 Å². The van der Waals surface area contributed by atoms with Crippen LogP contribution in [0.1, 0.15) is 4.88 Å². The summed E-state index contributed by atoms with van der Waals surface area (Å²) in [7, 11) is 0. The van der Waals surface area contributed by atoms with Gasteiger partial charge in [0.15, 0.2) is 0 Å². The van der Waals surface area contributed by atoms with Crippen molar-refractivity contribution in [1.29, 1.82) is 0 Å². The highest BCUT2D eigenvalue weighted by Crippen LogP contribution is 2.27. The molecule has 4 nitrogen and oxygen atoms in total. The molecule has 0 aliphatic rings. The van der Waals surface area contributed by atoms with Crippen LogP contribution in [0.15, 0.2) is 40.9 Å². The lowest BCUT2D eigenvalue weighted by Gasteiger charge is -1.94. The van der Waals surface area contributed by atoms with Crippen molar-refractivity contribution in [2.75, 3.05) is 5.73 Å². The van der Waals surface area contributed by atoms with Crippen molar-refractivity contribution in [2.45, 2.75) is 6.92 Å². The standard InChI is InChI=1S/C13H11N3OS/c1-8-5-6-11(18-8)12-15-13(17-16-12)9-3-2-4-10(14)7-9/h2-7H,14H2,1H3. The Balaban J connectivity index is 1.99. The lowest BCUT2D eigenvalue weighted by atomic mass is 10.2. The lowest BCUT2D eigenvalue weighted by Crippen LogP contribution is -1.85. The molecule has 0 aliphatic carbocycles. The minimum atomic E-state index is 0.489. The molecular formula is C13H11N3OS. The Morgan fingerprint density at radius 3 is 2.83 bits per heavy atom. The van der Waals surface area contributed by atoms with E-state index in [0.717, 1.165) is 10.4 Å². The van der Waals surface area contributed by atoms with E-state index < -0.39 is 0 Å². The molecule has 0 bridgehead atoms. The van der Waals surface area contributed by atoms with Gasteiger partial charge < -0.3 is 10.3 Å². The fourth-order valence-corrected chi connectivity index (χ4v) is 2.46. The van der Waals surface area contributed by atoms with E-state index in [1.165, 1.54) is 4.88 Å². The maximum absolute atomic E-state index is 5.73. The molecule has 0 amide bonds. The maximum Gasteiger partial charge on any atom is 0.258 e. The zero-order valence-corrected chi connectivity index (χ0v) is 10.6. The fraction of sp³-hybridized carbons (Fsp3) is 0.0769. The molecule has 18 heavy (non-hydrogen) atoms. The molecule has 3 rings (SSSR count). The number of aryl methyl sites for hydroxylation is 1. The number of hydrogen-bond donors (Lipinski definition) is 1. The van der Waals surface area contributed by atoms with Crippen LogP contribution in [0.4, 0.5) is 5.69 Å². The normalized spacial score (nSPS) is 10.7. The number of anilines is 1. The summed E-state index contributed by atoms with van der Waals surface area (Å²) >= 11 is 1.64. The van der Waals surface area contributed by atoms with Gasteiger partial charge in [0, 0.05) is 16.1 Å². The first-order valence-corrected chi connectivity index (χ1v) is 6.30. The molecule has 5 heteroatoms. The van der Waals surface area contributed by atoms with Crippen LogP contribution in [0, 0.1) is 6.92 Å². The van der Waals surface area contributed by atoms with Gasteiger partial charge in [-0.1, -0.05) is 11.2 Å². The van der Waals surface area contributed by atoms with Gasteiger partial charge >= 0.3 is 0 Å². The number of nitrogens with two attached hydrogens (primary N) is 1. The number of nitrogens with zero attached hydrogens (tertiary/aromatic N) is 2. The minimum Gasteiger partial charge on any atom is -0.399 e. The van der Waals surface area contributed by atoms with Crippen molar-refractivity contribution in [3.63, 3.8) is 0 Å².